The quantitative estimate of drug-likeness (QED) is 0.428. The summed E-state index contributed by atoms with van der Waals surface area (Å²) < 4.78 is 3.70. The highest BCUT2D eigenvalue weighted by atomic mass is 32.2. The van der Waals surface area contributed by atoms with Crippen molar-refractivity contribution in [3.8, 4) is 22.5 Å². The summed E-state index contributed by atoms with van der Waals surface area (Å²) in [5.41, 5.74) is 1.07. The minimum Gasteiger partial charge on any atom is -0.309 e. The zero-order valence-corrected chi connectivity index (χ0v) is 17.9. The molecule has 3 heterocycles. The maximum Gasteiger partial charge on any atom is 0.236 e. The van der Waals surface area contributed by atoms with Gasteiger partial charge in [0.15, 0.2) is 16.8 Å². The van der Waals surface area contributed by atoms with E-state index in [2.05, 4.69) is 31.2 Å². The SMILES string of the molecule is N#Cc1cnn(-c2ccccc2)c1NC(=O)CSc1nnc(-c2cccs2)n1C1CC1. The number of para-hydroxylation sites is 1. The molecule has 0 atom stereocenters. The van der Waals surface area contributed by atoms with E-state index in [-0.39, 0.29) is 11.7 Å². The van der Waals surface area contributed by atoms with E-state index in [1.807, 2.05) is 47.8 Å². The van der Waals surface area contributed by atoms with Crippen molar-refractivity contribution in [1.29, 1.82) is 5.26 Å². The van der Waals surface area contributed by atoms with Crippen LogP contribution in [0.15, 0.2) is 59.2 Å². The van der Waals surface area contributed by atoms with Crippen molar-refractivity contribution in [3.63, 3.8) is 0 Å². The summed E-state index contributed by atoms with van der Waals surface area (Å²) in [5, 5.41) is 28.0. The van der Waals surface area contributed by atoms with Gasteiger partial charge in [-0.2, -0.15) is 10.4 Å². The van der Waals surface area contributed by atoms with Crippen LogP contribution in [-0.4, -0.2) is 36.2 Å². The van der Waals surface area contributed by atoms with Crippen LogP contribution in [0.5, 0.6) is 0 Å². The molecular weight excluding hydrogens is 430 g/mol. The highest BCUT2D eigenvalue weighted by Crippen LogP contribution is 2.41. The second-order valence-corrected chi connectivity index (χ2v) is 8.88. The summed E-state index contributed by atoms with van der Waals surface area (Å²) in [7, 11) is 0. The molecule has 1 aliphatic carbocycles. The summed E-state index contributed by atoms with van der Waals surface area (Å²) in [6.07, 6.45) is 3.64. The van der Waals surface area contributed by atoms with Gasteiger partial charge in [-0.15, -0.1) is 21.5 Å². The van der Waals surface area contributed by atoms with Crippen LogP contribution in [0, 0.1) is 11.3 Å². The maximum atomic E-state index is 12.7. The highest BCUT2D eigenvalue weighted by Gasteiger charge is 2.30. The number of nitrogens with zero attached hydrogens (tertiary/aromatic N) is 6. The zero-order chi connectivity index (χ0) is 21.2. The van der Waals surface area contributed by atoms with Crippen LogP contribution in [0.25, 0.3) is 16.4 Å². The monoisotopic (exact) mass is 447 g/mol. The van der Waals surface area contributed by atoms with E-state index < -0.39 is 0 Å². The summed E-state index contributed by atoms with van der Waals surface area (Å²) in [5.74, 6) is 1.14. The molecule has 0 radical (unpaired) electrons. The van der Waals surface area contributed by atoms with Crippen LogP contribution in [0.4, 0.5) is 5.82 Å². The van der Waals surface area contributed by atoms with Gasteiger partial charge in [0.05, 0.1) is 22.5 Å². The number of nitriles is 1. The minimum atomic E-state index is -0.234. The number of carbonyl (C=O) groups excluding carboxylic acids is 1. The van der Waals surface area contributed by atoms with Crippen LogP contribution in [0.2, 0.25) is 0 Å². The predicted octanol–water partition coefficient (Wildman–Crippen LogP) is 4.13. The van der Waals surface area contributed by atoms with Gasteiger partial charge in [-0.3, -0.25) is 9.36 Å². The Morgan fingerprint density at radius 2 is 2.06 bits per heavy atom. The average molecular weight is 448 g/mol. The third-order valence-corrected chi connectivity index (χ3v) is 6.61. The third-order valence-electron chi connectivity index (χ3n) is 4.80. The molecular formula is C21H17N7OS2. The van der Waals surface area contributed by atoms with Crippen LogP contribution < -0.4 is 5.32 Å². The topological polar surface area (TPSA) is 101 Å². The zero-order valence-electron chi connectivity index (χ0n) is 16.3. The molecule has 0 aliphatic heterocycles. The number of thiophene rings is 1. The molecule has 5 rings (SSSR count). The second-order valence-electron chi connectivity index (χ2n) is 6.99. The molecule has 0 unspecified atom stereocenters. The fourth-order valence-corrected chi connectivity index (χ4v) is 4.74. The standard InChI is InChI=1S/C21H17N7OS2/c22-11-14-12-23-28(16-5-2-1-3-6-16)19(14)24-18(29)13-31-21-26-25-20(17-7-4-10-30-17)27(21)15-8-9-15/h1-7,10,12,15H,8-9,13H2,(H,24,29). The van der Waals surface area contributed by atoms with Crippen molar-refractivity contribution in [2.75, 3.05) is 11.1 Å². The van der Waals surface area contributed by atoms with E-state index in [4.69, 9.17) is 0 Å². The second kappa shape index (κ2) is 8.37. The molecule has 154 valence electrons. The number of rotatable bonds is 7. The Kier molecular flexibility index (Phi) is 5.28. The Morgan fingerprint density at radius 3 is 2.77 bits per heavy atom. The van der Waals surface area contributed by atoms with Gasteiger partial charge < -0.3 is 5.32 Å². The Labute approximate surface area is 186 Å². The summed E-state index contributed by atoms with van der Waals surface area (Å²) >= 11 is 2.98. The Bertz CT molecular complexity index is 1250. The van der Waals surface area contributed by atoms with E-state index in [9.17, 15) is 10.1 Å². The van der Waals surface area contributed by atoms with E-state index >= 15 is 0 Å². The molecule has 4 aromatic rings. The lowest BCUT2D eigenvalue weighted by Crippen LogP contribution is -2.18. The molecule has 1 aliphatic rings. The van der Waals surface area contributed by atoms with E-state index in [0.717, 1.165) is 34.4 Å². The van der Waals surface area contributed by atoms with Crippen LogP contribution in [0.1, 0.15) is 24.4 Å². The highest BCUT2D eigenvalue weighted by molar-refractivity contribution is 7.99. The van der Waals surface area contributed by atoms with Gasteiger partial charge in [-0.1, -0.05) is 36.0 Å². The number of carbonyl (C=O) groups is 1. The lowest BCUT2D eigenvalue weighted by molar-refractivity contribution is -0.113. The first-order chi connectivity index (χ1) is 15.2. The normalized spacial score (nSPS) is 13.1. The number of thioether (sulfide) groups is 1. The maximum absolute atomic E-state index is 12.7. The number of nitrogens with one attached hydrogen (secondary N) is 1. The van der Waals surface area contributed by atoms with Crippen LogP contribution in [-0.2, 0) is 4.79 Å². The predicted molar refractivity (Wildman–Crippen MR) is 119 cm³/mol. The van der Waals surface area contributed by atoms with Gasteiger partial charge in [0.25, 0.3) is 0 Å². The third kappa shape index (κ3) is 3.97. The van der Waals surface area contributed by atoms with Crippen LogP contribution >= 0.6 is 23.1 Å². The Balaban J connectivity index is 1.33. The smallest absolute Gasteiger partial charge is 0.236 e. The van der Waals surface area contributed by atoms with Crippen LogP contribution in [0.3, 0.4) is 0 Å². The van der Waals surface area contributed by atoms with Gasteiger partial charge in [0.2, 0.25) is 5.91 Å². The molecule has 0 saturated heterocycles. The molecule has 0 spiro atoms. The number of hydrogen-bond donors (Lipinski definition) is 1. The van der Waals surface area contributed by atoms with Crippen molar-refractivity contribution in [2.45, 2.75) is 24.0 Å². The van der Waals surface area contributed by atoms with E-state index in [1.54, 1.807) is 16.0 Å². The molecule has 1 fully saturated rings. The first-order valence-corrected chi connectivity index (χ1v) is 11.6. The van der Waals surface area contributed by atoms with Gasteiger partial charge in [-0.25, -0.2) is 4.68 Å². The molecule has 1 N–H and O–H groups in total. The first kappa shape index (κ1) is 19.5. The van der Waals surface area contributed by atoms with Gasteiger partial charge in [0.1, 0.15) is 11.6 Å². The van der Waals surface area contributed by atoms with Crippen molar-refractivity contribution in [1.82, 2.24) is 24.5 Å². The number of hydrogen-bond acceptors (Lipinski definition) is 7. The average Bonchev–Trinajstić information content (AvgIpc) is 3.19. The number of amides is 1. The van der Waals surface area contributed by atoms with Gasteiger partial charge in [0, 0.05) is 6.04 Å². The number of anilines is 1. The fraction of sp³-hybridized carbons (Fsp3) is 0.190. The molecule has 31 heavy (non-hydrogen) atoms. The van der Waals surface area contributed by atoms with Gasteiger partial charge in [-0.05, 0) is 36.4 Å². The number of benzene rings is 1. The Morgan fingerprint density at radius 1 is 1.23 bits per heavy atom. The minimum absolute atomic E-state index is 0.153. The van der Waals surface area contributed by atoms with Gasteiger partial charge >= 0.3 is 0 Å². The molecule has 3 aromatic heterocycles. The van der Waals surface area contributed by atoms with Crippen molar-refractivity contribution < 1.29 is 4.79 Å². The summed E-state index contributed by atoms with van der Waals surface area (Å²) in [6, 6.07) is 15.9. The fourth-order valence-electron chi connectivity index (χ4n) is 3.22. The molecule has 1 aromatic carbocycles. The van der Waals surface area contributed by atoms with Crippen molar-refractivity contribution in [2.24, 2.45) is 0 Å². The molecule has 1 amide bonds. The largest absolute Gasteiger partial charge is 0.309 e. The van der Waals surface area contributed by atoms with Crippen molar-refractivity contribution >= 4 is 34.8 Å². The Hall–Kier alpha value is -3.42. The van der Waals surface area contributed by atoms with E-state index in [1.165, 1.54) is 18.0 Å². The molecule has 8 nitrogen and oxygen atoms in total. The van der Waals surface area contributed by atoms with E-state index in [0.29, 0.717) is 17.4 Å². The van der Waals surface area contributed by atoms with Crippen molar-refractivity contribution in [3.05, 3.63) is 59.6 Å². The number of aromatic nitrogens is 5. The first-order valence-electron chi connectivity index (χ1n) is 9.69. The lowest BCUT2D eigenvalue weighted by atomic mass is 10.3. The summed E-state index contributed by atoms with van der Waals surface area (Å²) in [4.78, 5) is 13.8. The summed E-state index contributed by atoms with van der Waals surface area (Å²) in [6.45, 7) is 0. The molecule has 10 heteroatoms. The lowest BCUT2D eigenvalue weighted by Gasteiger charge is -2.10. The molecule has 1 saturated carbocycles. The molecule has 0 bridgehead atoms.